The zero-order valence-electron chi connectivity index (χ0n) is 25.2. The lowest BCUT2D eigenvalue weighted by molar-refractivity contribution is -0.143. The van der Waals surface area contributed by atoms with E-state index in [1.54, 1.807) is 23.8 Å². The van der Waals surface area contributed by atoms with Crippen LogP contribution in [0.1, 0.15) is 81.3 Å². The lowest BCUT2D eigenvalue weighted by Crippen LogP contribution is -2.48. The van der Waals surface area contributed by atoms with Crippen LogP contribution < -0.4 is 4.90 Å². The molecule has 0 saturated heterocycles. The fraction of sp³-hybridized carbons (Fsp3) is 0.533. The molecule has 0 N–H and O–H groups in total. The van der Waals surface area contributed by atoms with Gasteiger partial charge in [-0.1, -0.05) is 45.4 Å². The number of aryl methyl sites for hydroxylation is 2. The molecule has 1 aliphatic rings. The third kappa shape index (κ3) is 9.29. The molecule has 1 heterocycles. The summed E-state index contributed by atoms with van der Waals surface area (Å²) in [5.41, 5.74) is 0.315. The Balaban J connectivity index is 0.000000426. The first-order valence-electron chi connectivity index (χ1n) is 13.7. The fourth-order valence-corrected chi connectivity index (χ4v) is 4.50. The number of nitrogens with zero attached hydrogens (tertiary/aromatic N) is 2. The average Bonchev–Trinajstić information content (AvgIpc) is 2.95. The number of rotatable bonds is 4. The zero-order valence-corrected chi connectivity index (χ0v) is 25.2. The summed E-state index contributed by atoms with van der Waals surface area (Å²) < 4.78 is 84.0. The van der Waals surface area contributed by atoms with E-state index in [0.29, 0.717) is 13.0 Å². The Bertz CT molecular complexity index is 1150. The molecular formula is C30H40F6N2O4. The number of halogens is 6. The van der Waals surface area contributed by atoms with Gasteiger partial charge in [0, 0.05) is 13.1 Å². The number of carbonyl (C=O) groups excluding carboxylic acids is 2. The molecule has 0 unspecified atom stereocenters. The van der Waals surface area contributed by atoms with E-state index in [2.05, 4.69) is 0 Å². The first-order chi connectivity index (χ1) is 19.6. The van der Waals surface area contributed by atoms with Crippen LogP contribution in [0.15, 0.2) is 36.4 Å². The first-order valence-corrected chi connectivity index (χ1v) is 13.7. The standard InChI is InChI=1S/C18H26N2O4.C10H8F6.C2H6/c1-6-13-11-16(19(4)17(21)23-5)14-10-12(3)8-9-15(14)20(13)18(22)24-7-2;1-2-6-3-7(9(11,12)13)5-8(4-6)10(14,15)16;1-2/h8-10,13,16H,6-7,11H2,1-5H3;3-5H,2H2,1H3;1-2H3/t13-,16+;;/m1../s1. The number of fused-ring (bicyclic) bond motifs is 1. The molecular weight excluding hydrogens is 566 g/mol. The van der Waals surface area contributed by atoms with Gasteiger partial charge >= 0.3 is 24.5 Å². The summed E-state index contributed by atoms with van der Waals surface area (Å²) in [6, 6.07) is 7.35. The average molecular weight is 607 g/mol. The molecule has 2 amide bonds. The molecule has 236 valence electrons. The van der Waals surface area contributed by atoms with Gasteiger partial charge in [0.15, 0.2) is 0 Å². The van der Waals surface area contributed by atoms with Crippen molar-refractivity contribution in [1.82, 2.24) is 4.90 Å². The Kier molecular flexibility index (Phi) is 13.7. The molecule has 3 rings (SSSR count). The van der Waals surface area contributed by atoms with Gasteiger partial charge in [0.25, 0.3) is 0 Å². The van der Waals surface area contributed by atoms with Crippen molar-refractivity contribution in [2.75, 3.05) is 25.7 Å². The lowest BCUT2D eigenvalue weighted by atomic mass is 9.88. The summed E-state index contributed by atoms with van der Waals surface area (Å²) in [4.78, 5) is 27.8. The van der Waals surface area contributed by atoms with Crippen LogP contribution >= 0.6 is 0 Å². The number of methoxy groups -OCH3 is 1. The maximum absolute atomic E-state index is 12.5. The first kappa shape index (κ1) is 36.6. The highest BCUT2D eigenvalue weighted by atomic mass is 19.4. The monoisotopic (exact) mass is 606 g/mol. The highest BCUT2D eigenvalue weighted by Crippen LogP contribution is 2.42. The predicted octanol–water partition coefficient (Wildman–Crippen LogP) is 9.19. The Labute approximate surface area is 243 Å². The molecule has 12 heteroatoms. The summed E-state index contributed by atoms with van der Waals surface area (Å²) >= 11 is 0. The van der Waals surface area contributed by atoms with Gasteiger partial charge in [-0.25, -0.2) is 9.59 Å². The van der Waals surface area contributed by atoms with E-state index in [9.17, 15) is 35.9 Å². The molecule has 0 aliphatic carbocycles. The Hall–Kier alpha value is -3.44. The maximum Gasteiger partial charge on any atom is 0.416 e. The van der Waals surface area contributed by atoms with Gasteiger partial charge < -0.3 is 14.4 Å². The molecule has 0 aromatic heterocycles. The van der Waals surface area contributed by atoms with E-state index in [4.69, 9.17) is 9.47 Å². The van der Waals surface area contributed by atoms with E-state index in [1.807, 2.05) is 45.9 Å². The van der Waals surface area contributed by atoms with E-state index >= 15 is 0 Å². The van der Waals surface area contributed by atoms with Crippen molar-refractivity contribution < 1.29 is 45.4 Å². The summed E-state index contributed by atoms with van der Waals surface area (Å²) in [7, 11) is 3.11. The van der Waals surface area contributed by atoms with Crippen molar-refractivity contribution in [2.24, 2.45) is 0 Å². The van der Waals surface area contributed by atoms with Gasteiger partial charge in [-0.2, -0.15) is 26.3 Å². The van der Waals surface area contributed by atoms with Crippen molar-refractivity contribution in [2.45, 2.75) is 85.2 Å². The van der Waals surface area contributed by atoms with Crippen molar-refractivity contribution in [3.05, 3.63) is 64.2 Å². The highest BCUT2D eigenvalue weighted by Gasteiger charge is 2.39. The number of carbonyl (C=O) groups is 2. The summed E-state index contributed by atoms with van der Waals surface area (Å²) in [6.07, 6.45) is -8.70. The van der Waals surface area contributed by atoms with Gasteiger partial charge in [-0.15, -0.1) is 0 Å². The van der Waals surface area contributed by atoms with Gasteiger partial charge in [-0.05, 0) is 68.5 Å². The summed E-state index contributed by atoms with van der Waals surface area (Å²) in [5, 5.41) is 0. The van der Waals surface area contributed by atoms with Crippen molar-refractivity contribution >= 4 is 17.9 Å². The van der Waals surface area contributed by atoms with Crippen molar-refractivity contribution in [3.63, 3.8) is 0 Å². The third-order valence-electron chi connectivity index (χ3n) is 6.58. The van der Waals surface area contributed by atoms with Crippen molar-refractivity contribution in [3.8, 4) is 0 Å². The van der Waals surface area contributed by atoms with Crippen LogP contribution in [0, 0.1) is 6.92 Å². The second kappa shape index (κ2) is 15.7. The molecule has 1 aliphatic heterocycles. The fourth-order valence-electron chi connectivity index (χ4n) is 4.50. The molecule has 0 bridgehead atoms. The summed E-state index contributed by atoms with van der Waals surface area (Å²) in [6.45, 7) is 11.7. The van der Waals surface area contributed by atoms with Gasteiger partial charge in [-0.3, -0.25) is 4.90 Å². The minimum absolute atomic E-state index is 0.0159. The Morgan fingerprint density at radius 1 is 0.952 bits per heavy atom. The topological polar surface area (TPSA) is 59.1 Å². The van der Waals surface area contributed by atoms with E-state index in [1.165, 1.54) is 14.0 Å². The minimum atomic E-state index is -4.76. The number of hydrogen-bond acceptors (Lipinski definition) is 4. The van der Waals surface area contributed by atoms with E-state index in [-0.39, 0.29) is 42.3 Å². The van der Waals surface area contributed by atoms with E-state index in [0.717, 1.165) is 35.4 Å². The van der Waals surface area contributed by atoms with Crippen LogP contribution in [0.2, 0.25) is 0 Å². The minimum Gasteiger partial charge on any atom is -0.453 e. The van der Waals surface area contributed by atoms with Crippen LogP contribution in [0.4, 0.5) is 41.6 Å². The number of alkyl halides is 6. The van der Waals surface area contributed by atoms with Gasteiger partial charge in [0.05, 0.1) is 36.6 Å². The van der Waals surface area contributed by atoms with Gasteiger partial charge in [0.1, 0.15) is 0 Å². The summed E-state index contributed by atoms with van der Waals surface area (Å²) in [5.74, 6) is 0. The number of anilines is 1. The second-order valence-electron chi connectivity index (χ2n) is 9.29. The largest absolute Gasteiger partial charge is 0.453 e. The van der Waals surface area contributed by atoms with Crippen LogP contribution in [-0.2, 0) is 28.2 Å². The normalized spacial score (nSPS) is 16.2. The van der Waals surface area contributed by atoms with Crippen LogP contribution in [0.3, 0.4) is 0 Å². The Morgan fingerprint density at radius 3 is 1.93 bits per heavy atom. The maximum atomic E-state index is 12.5. The number of ether oxygens (including phenoxy) is 2. The zero-order chi connectivity index (χ0) is 32.4. The molecule has 42 heavy (non-hydrogen) atoms. The quantitative estimate of drug-likeness (QED) is 0.326. The SMILES string of the molecule is CC.CCOC(=O)N1c2ccc(C)cc2[C@@H](N(C)C(=O)OC)C[C@H]1CC.CCc1cc(C(F)(F)F)cc(C(F)(F)F)c1. The molecule has 0 radical (unpaired) electrons. The Morgan fingerprint density at radius 2 is 1.50 bits per heavy atom. The van der Waals surface area contributed by atoms with Crippen molar-refractivity contribution in [1.29, 1.82) is 0 Å². The number of amides is 2. The number of benzene rings is 2. The molecule has 2 aromatic carbocycles. The molecule has 0 fully saturated rings. The smallest absolute Gasteiger partial charge is 0.416 e. The number of hydrogen-bond donors (Lipinski definition) is 0. The van der Waals surface area contributed by atoms with Crippen LogP contribution in [0.25, 0.3) is 0 Å². The molecule has 0 spiro atoms. The second-order valence-corrected chi connectivity index (χ2v) is 9.29. The predicted molar refractivity (Wildman–Crippen MR) is 149 cm³/mol. The van der Waals surface area contributed by atoms with Gasteiger partial charge in [0.2, 0.25) is 0 Å². The molecule has 6 nitrogen and oxygen atoms in total. The third-order valence-corrected chi connectivity index (χ3v) is 6.58. The molecule has 2 aromatic rings. The lowest BCUT2D eigenvalue weighted by Gasteiger charge is -2.42. The molecule has 0 saturated carbocycles. The molecule has 2 atom stereocenters. The van der Waals surface area contributed by atoms with Crippen LogP contribution in [-0.4, -0.2) is 43.9 Å². The van der Waals surface area contributed by atoms with Crippen LogP contribution in [0.5, 0.6) is 0 Å². The highest BCUT2D eigenvalue weighted by molar-refractivity contribution is 5.90. The van der Waals surface area contributed by atoms with E-state index < -0.39 is 23.5 Å².